The summed E-state index contributed by atoms with van der Waals surface area (Å²) in [6, 6.07) is 4.33. The molecule has 0 radical (unpaired) electrons. The minimum atomic E-state index is -1.19. The molecule has 1 aromatic rings. The first-order chi connectivity index (χ1) is 17.5. The van der Waals surface area contributed by atoms with Crippen molar-refractivity contribution in [3.8, 4) is 0 Å². The third-order valence-corrected chi connectivity index (χ3v) is 8.84. The minimum absolute atomic E-state index is 0.0797. The van der Waals surface area contributed by atoms with Gasteiger partial charge in [-0.2, -0.15) is 0 Å². The molecule has 202 valence electrons. The van der Waals surface area contributed by atoms with E-state index in [4.69, 9.17) is 9.47 Å². The van der Waals surface area contributed by atoms with Crippen molar-refractivity contribution in [2.24, 2.45) is 17.8 Å². The van der Waals surface area contributed by atoms with Crippen LogP contribution in [0, 0.1) is 31.6 Å². The van der Waals surface area contributed by atoms with Gasteiger partial charge in [0, 0.05) is 12.2 Å². The summed E-state index contributed by atoms with van der Waals surface area (Å²) < 4.78 is 12.2. The van der Waals surface area contributed by atoms with Gasteiger partial charge in [0.1, 0.15) is 17.6 Å². The van der Waals surface area contributed by atoms with Gasteiger partial charge in [-0.15, -0.1) is 6.58 Å². The van der Waals surface area contributed by atoms with E-state index in [-0.39, 0.29) is 37.5 Å². The molecule has 3 fully saturated rings. The SMILES string of the molecule is C=CCN(C(=O)C1N([C@@H](CC)CO)C(=O)[C@@H]2[C@@H](C(=O)OCC)[C@]3(C)OC12CC3C)c1cc(C)ccc1C. The van der Waals surface area contributed by atoms with Crippen molar-refractivity contribution in [2.45, 2.75) is 77.7 Å². The molecular weight excluding hydrogens is 472 g/mol. The Labute approximate surface area is 219 Å². The summed E-state index contributed by atoms with van der Waals surface area (Å²) in [7, 11) is 0. The molecule has 4 rings (SSSR count). The second kappa shape index (κ2) is 9.87. The molecule has 2 amide bonds. The predicted octanol–water partition coefficient (Wildman–Crippen LogP) is 3.17. The maximum atomic E-state index is 14.6. The van der Waals surface area contributed by atoms with Gasteiger partial charge in [0.05, 0.1) is 30.8 Å². The molecule has 3 heterocycles. The fraction of sp³-hybridized carbons (Fsp3) is 0.621. The Kier molecular flexibility index (Phi) is 7.29. The smallest absolute Gasteiger partial charge is 0.312 e. The number of fused-ring (bicyclic) bond motifs is 1. The van der Waals surface area contributed by atoms with Crippen LogP contribution in [0.2, 0.25) is 0 Å². The van der Waals surface area contributed by atoms with Gasteiger partial charge in [-0.25, -0.2) is 0 Å². The lowest BCUT2D eigenvalue weighted by Gasteiger charge is -2.39. The van der Waals surface area contributed by atoms with Crippen LogP contribution in [0.25, 0.3) is 0 Å². The zero-order valence-corrected chi connectivity index (χ0v) is 22.8. The van der Waals surface area contributed by atoms with E-state index in [1.165, 1.54) is 4.90 Å². The Balaban J connectivity index is 1.90. The number of rotatable bonds is 9. The molecule has 3 aliphatic heterocycles. The molecule has 37 heavy (non-hydrogen) atoms. The standard InChI is InChI=1S/C29H40N2O6/c1-8-13-30(21-14-17(4)11-12-18(21)5)26(34)24-29-15-19(6)28(7,37-29)23(27(35)36-10-3)22(29)25(33)31(24)20(9-2)16-32/h8,11-12,14,19-20,22-24,32H,1,9-10,13,15-16H2,2-7H3/t19?,20-,22-,23-,24?,28+,29?/m0/s1. The number of carbonyl (C=O) groups is 3. The molecule has 0 aliphatic carbocycles. The lowest BCUT2D eigenvalue weighted by molar-refractivity contribution is -0.162. The van der Waals surface area contributed by atoms with Crippen molar-refractivity contribution >= 4 is 23.5 Å². The third-order valence-electron chi connectivity index (χ3n) is 8.84. The van der Waals surface area contributed by atoms with Crippen LogP contribution < -0.4 is 4.90 Å². The molecule has 7 atom stereocenters. The summed E-state index contributed by atoms with van der Waals surface area (Å²) in [6.45, 7) is 15.4. The van der Waals surface area contributed by atoms with Crippen molar-refractivity contribution in [3.63, 3.8) is 0 Å². The molecule has 2 bridgehead atoms. The van der Waals surface area contributed by atoms with E-state index < -0.39 is 41.1 Å². The number of anilines is 1. The molecule has 1 aromatic carbocycles. The van der Waals surface area contributed by atoms with Crippen molar-refractivity contribution in [1.29, 1.82) is 0 Å². The summed E-state index contributed by atoms with van der Waals surface area (Å²) in [6.07, 6.45) is 2.58. The number of ether oxygens (including phenoxy) is 2. The van der Waals surface area contributed by atoms with Crippen molar-refractivity contribution < 1.29 is 29.0 Å². The molecule has 3 unspecified atom stereocenters. The second-order valence-electron chi connectivity index (χ2n) is 11.0. The van der Waals surface area contributed by atoms with Gasteiger partial charge in [0.2, 0.25) is 5.91 Å². The van der Waals surface area contributed by atoms with E-state index >= 15 is 0 Å². The number of carbonyl (C=O) groups excluding carboxylic acids is 3. The number of benzene rings is 1. The van der Waals surface area contributed by atoms with Gasteiger partial charge in [-0.3, -0.25) is 14.4 Å². The summed E-state index contributed by atoms with van der Waals surface area (Å²) in [5.74, 6) is -2.85. The molecule has 1 N–H and O–H groups in total. The van der Waals surface area contributed by atoms with E-state index in [9.17, 15) is 19.5 Å². The van der Waals surface area contributed by atoms with Crippen LogP contribution in [-0.2, 0) is 23.9 Å². The minimum Gasteiger partial charge on any atom is -0.466 e. The summed E-state index contributed by atoms with van der Waals surface area (Å²) in [4.78, 5) is 45.3. The van der Waals surface area contributed by atoms with Crippen molar-refractivity contribution in [1.82, 2.24) is 4.90 Å². The summed E-state index contributed by atoms with van der Waals surface area (Å²) in [5, 5.41) is 10.3. The van der Waals surface area contributed by atoms with Crippen LogP contribution in [0.4, 0.5) is 5.69 Å². The zero-order chi connectivity index (χ0) is 27.3. The van der Waals surface area contributed by atoms with Crippen LogP contribution in [0.15, 0.2) is 30.9 Å². The monoisotopic (exact) mass is 512 g/mol. The van der Waals surface area contributed by atoms with E-state index in [2.05, 4.69) is 6.58 Å². The summed E-state index contributed by atoms with van der Waals surface area (Å²) >= 11 is 0. The summed E-state index contributed by atoms with van der Waals surface area (Å²) in [5.41, 5.74) is 0.533. The van der Waals surface area contributed by atoms with Gasteiger partial charge in [-0.1, -0.05) is 32.1 Å². The second-order valence-corrected chi connectivity index (χ2v) is 11.0. The highest BCUT2D eigenvalue weighted by Gasteiger charge is 2.80. The number of aliphatic hydroxyl groups excluding tert-OH is 1. The van der Waals surface area contributed by atoms with Crippen LogP contribution in [0.5, 0.6) is 0 Å². The molecule has 8 heteroatoms. The van der Waals surface area contributed by atoms with Crippen LogP contribution >= 0.6 is 0 Å². The lowest BCUT2D eigenvalue weighted by Crippen LogP contribution is -2.59. The number of hydrogen-bond acceptors (Lipinski definition) is 6. The molecule has 0 saturated carbocycles. The zero-order valence-electron chi connectivity index (χ0n) is 22.8. The van der Waals surface area contributed by atoms with Crippen LogP contribution in [0.3, 0.4) is 0 Å². The number of hydrogen-bond donors (Lipinski definition) is 1. The Morgan fingerprint density at radius 1 is 1.35 bits per heavy atom. The Bertz CT molecular complexity index is 1100. The van der Waals surface area contributed by atoms with E-state index in [0.29, 0.717) is 12.8 Å². The number of aryl methyl sites for hydroxylation is 2. The van der Waals surface area contributed by atoms with Crippen LogP contribution in [0.1, 0.15) is 51.7 Å². The third kappa shape index (κ3) is 3.91. The number of nitrogens with zero attached hydrogens (tertiary/aromatic N) is 2. The fourth-order valence-corrected chi connectivity index (χ4v) is 6.95. The molecule has 0 aromatic heterocycles. The largest absolute Gasteiger partial charge is 0.466 e. The van der Waals surface area contributed by atoms with E-state index in [0.717, 1.165) is 16.8 Å². The van der Waals surface area contributed by atoms with Crippen LogP contribution in [-0.4, -0.2) is 70.8 Å². The lowest BCUT2D eigenvalue weighted by atomic mass is 9.62. The molecule has 3 aliphatic rings. The predicted molar refractivity (Wildman–Crippen MR) is 140 cm³/mol. The van der Waals surface area contributed by atoms with Crippen molar-refractivity contribution in [3.05, 3.63) is 42.0 Å². The Morgan fingerprint density at radius 2 is 2.05 bits per heavy atom. The average Bonchev–Trinajstić information content (AvgIpc) is 3.37. The van der Waals surface area contributed by atoms with Gasteiger partial charge >= 0.3 is 5.97 Å². The quantitative estimate of drug-likeness (QED) is 0.403. The first-order valence-corrected chi connectivity index (χ1v) is 13.3. The first-order valence-electron chi connectivity index (χ1n) is 13.3. The molecule has 3 saturated heterocycles. The van der Waals surface area contributed by atoms with Gasteiger partial charge in [0.25, 0.3) is 5.91 Å². The van der Waals surface area contributed by atoms with E-state index in [1.54, 1.807) is 17.9 Å². The Morgan fingerprint density at radius 3 is 2.65 bits per heavy atom. The molecule has 1 spiro atoms. The molecule has 8 nitrogen and oxygen atoms in total. The highest BCUT2D eigenvalue weighted by atomic mass is 16.6. The topological polar surface area (TPSA) is 96.4 Å². The highest BCUT2D eigenvalue weighted by Crippen LogP contribution is 2.65. The maximum Gasteiger partial charge on any atom is 0.312 e. The molecular formula is C29H40N2O6. The average molecular weight is 513 g/mol. The number of aliphatic hydroxyl groups is 1. The highest BCUT2D eigenvalue weighted by molar-refractivity contribution is 6.05. The van der Waals surface area contributed by atoms with E-state index in [1.807, 2.05) is 52.8 Å². The fourth-order valence-electron chi connectivity index (χ4n) is 6.95. The first kappa shape index (κ1) is 27.3. The van der Waals surface area contributed by atoms with Gasteiger partial charge in [-0.05, 0) is 63.6 Å². The number of esters is 1. The van der Waals surface area contributed by atoms with Gasteiger partial charge in [0.15, 0.2) is 0 Å². The number of amides is 2. The maximum absolute atomic E-state index is 14.6. The van der Waals surface area contributed by atoms with Crippen molar-refractivity contribution in [2.75, 3.05) is 24.7 Å². The Hall–Kier alpha value is -2.71. The van der Waals surface area contributed by atoms with Gasteiger partial charge < -0.3 is 24.4 Å². The normalized spacial score (nSPS) is 32.8. The number of likely N-dealkylation sites (tertiary alicyclic amines) is 1.